The average Bonchev–Trinajstić information content (AvgIpc) is 2.58. The Labute approximate surface area is 71.6 Å². The Balaban J connectivity index is 2.19. The molecule has 0 saturated heterocycles. The van der Waals surface area contributed by atoms with Crippen molar-refractivity contribution in [3.8, 4) is 0 Å². The molecule has 66 valence electrons. The number of hydrogen-bond acceptors (Lipinski definition) is 3. The molecule has 2 unspecified atom stereocenters. The number of nitrogen functional groups attached to an aromatic ring is 1. The van der Waals surface area contributed by atoms with Crippen molar-refractivity contribution in [2.75, 3.05) is 5.73 Å². The van der Waals surface area contributed by atoms with Crippen molar-refractivity contribution in [1.29, 1.82) is 0 Å². The van der Waals surface area contributed by atoms with E-state index >= 15 is 0 Å². The average molecular weight is 166 g/mol. The molecule has 4 heteroatoms. The minimum Gasteiger partial charge on any atom is -0.367 e. The summed E-state index contributed by atoms with van der Waals surface area (Å²) in [5, 5.41) is 6.73. The number of nitrogens with one attached hydrogen (secondary N) is 1. The maximum absolute atomic E-state index is 5.44. The molecule has 1 heterocycles. The molecule has 0 amide bonds. The third-order valence-corrected chi connectivity index (χ3v) is 2.73. The van der Waals surface area contributed by atoms with Crippen molar-refractivity contribution < 1.29 is 0 Å². The highest BCUT2D eigenvalue weighted by molar-refractivity contribution is 5.15. The van der Waals surface area contributed by atoms with E-state index in [4.69, 9.17) is 5.73 Å². The SMILES string of the molecule is CC1CCCC1c1nc(N)n[nH]1. The fourth-order valence-corrected chi connectivity index (χ4v) is 2.01. The van der Waals surface area contributed by atoms with Gasteiger partial charge in [0.15, 0.2) is 0 Å². The molecule has 0 aliphatic heterocycles. The predicted octanol–water partition coefficient (Wildman–Crippen LogP) is 1.29. The van der Waals surface area contributed by atoms with Gasteiger partial charge in [-0.25, -0.2) is 0 Å². The van der Waals surface area contributed by atoms with Gasteiger partial charge in [-0.1, -0.05) is 13.3 Å². The fraction of sp³-hybridized carbons (Fsp3) is 0.750. The first-order valence-corrected chi connectivity index (χ1v) is 4.45. The molecule has 1 aliphatic carbocycles. The van der Waals surface area contributed by atoms with Crippen LogP contribution >= 0.6 is 0 Å². The van der Waals surface area contributed by atoms with Gasteiger partial charge in [0.1, 0.15) is 5.82 Å². The highest BCUT2D eigenvalue weighted by Crippen LogP contribution is 2.37. The maximum Gasteiger partial charge on any atom is 0.239 e. The molecule has 1 aromatic heterocycles. The van der Waals surface area contributed by atoms with Gasteiger partial charge in [-0.3, -0.25) is 5.10 Å². The first-order valence-electron chi connectivity index (χ1n) is 4.45. The minimum atomic E-state index is 0.365. The minimum absolute atomic E-state index is 0.365. The predicted molar refractivity (Wildman–Crippen MR) is 46.6 cm³/mol. The van der Waals surface area contributed by atoms with E-state index in [1.807, 2.05) is 0 Å². The monoisotopic (exact) mass is 166 g/mol. The standard InChI is InChI=1S/C8H14N4/c1-5-3-2-4-6(5)7-10-8(9)12-11-7/h5-6H,2-4H2,1H3,(H3,9,10,11,12). The van der Waals surface area contributed by atoms with Crippen LogP contribution in [0, 0.1) is 5.92 Å². The number of anilines is 1. The number of aromatic nitrogens is 3. The molecule has 2 atom stereocenters. The van der Waals surface area contributed by atoms with E-state index in [1.54, 1.807) is 0 Å². The van der Waals surface area contributed by atoms with Crippen molar-refractivity contribution in [1.82, 2.24) is 15.2 Å². The first kappa shape index (κ1) is 7.58. The molecule has 0 radical (unpaired) electrons. The summed E-state index contributed by atoms with van der Waals surface area (Å²) in [6, 6.07) is 0. The Hall–Kier alpha value is -1.06. The lowest BCUT2D eigenvalue weighted by atomic mass is 9.98. The van der Waals surface area contributed by atoms with Crippen LogP contribution < -0.4 is 5.73 Å². The Kier molecular flexibility index (Phi) is 1.75. The zero-order valence-corrected chi connectivity index (χ0v) is 7.25. The number of H-pyrrole nitrogens is 1. The molecule has 1 aromatic rings. The number of hydrogen-bond donors (Lipinski definition) is 2. The molecule has 1 aliphatic rings. The largest absolute Gasteiger partial charge is 0.367 e. The summed E-state index contributed by atoms with van der Waals surface area (Å²) < 4.78 is 0. The van der Waals surface area contributed by atoms with E-state index in [0.29, 0.717) is 11.9 Å². The van der Waals surface area contributed by atoms with Crippen molar-refractivity contribution in [3.63, 3.8) is 0 Å². The number of rotatable bonds is 1. The lowest BCUT2D eigenvalue weighted by Gasteiger charge is -2.10. The van der Waals surface area contributed by atoms with Crippen LogP contribution in [0.4, 0.5) is 5.95 Å². The third-order valence-electron chi connectivity index (χ3n) is 2.73. The van der Waals surface area contributed by atoms with E-state index < -0.39 is 0 Å². The summed E-state index contributed by atoms with van der Waals surface area (Å²) in [5.74, 6) is 2.61. The zero-order chi connectivity index (χ0) is 8.55. The molecule has 0 aromatic carbocycles. The number of aromatic amines is 1. The van der Waals surface area contributed by atoms with Crippen molar-refractivity contribution in [2.24, 2.45) is 5.92 Å². The van der Waals surface area contributed by atoms with Gasteiger partial charge < -0.3 is 5.73 Å². The molecular formula is C8H14N4. The first-order chi connectivity index (χ1) is 5.77. The molecule has 0 bridgehead atoms. The van der Waals surface area contributed by atoms with Crippen LogP contribution in [0.25, 0.3) is 0 Å². The fourth-order valence-electron chi connectivity index (χ4n) is 2.01. The summed E-state index contributed by atoms with van der Waals surface area (Å²) in [6.45, 7) is 2.26. The Morgan fingerprint density at radius 3 is 2.83 bits per heavy atom. The van der Waals surface area contributed by atoms with Crippen molar-refractivity contribution in [2.45, 2.75) is 32.1 Å². The second-order valence-corrected chi connectivity index (χ2v) is 3.59. The Morgan fingerprint density at radius 2 is 2.33 bits per heavy atom. The Morgan fingerprint density at radius 1 is 1.50 bits per heavy atom. The van der Waals surface area contributed by atoms with Crippen LogP contribution in [0.5, 0.6) is 0 Å². The smallest absolute Gasteiger partial charge is 0.239 e. The zero-order valence-electron chi connectivity index (χ0n) is 7.25. The molecule has 12 heavy (non-hydrogen) atoms. The lowest BCUT2D eigenvalue weighted by molar-refractivity contribution is 0.511. The summed E-state index contributed by atoms with van der Waals surface area (Å²) >= 11 is 0. The highest BCUT2D eigenvalue weighted by atomic mass is 15.3. The topological polar surface area (TPSA) is 67.6 Å². The van der Waals surface area contributed by atoms with E-state index in [2.05, 4.69) is 22.1 Å². The summed E-state index contributed by atoms with van der Waals surface area (Å²) in [4.78, 5) is 4.15. The summed E-state index contributed by atoms with van der Waals surface area (Å²) in [6.07, 6.45) is 3.81. The maximum atomic E-state index is 5.44. The van der Waals surface area contributed by atoms with Crippen LogP contribution in [0.15, 0.2) is 0 Å². The molecule has 3 N–H and O–H groups in total. The van der Waals surface area contributed by atoms with Crippen LogP contribution in [-0.4, -0.2) is 15.2 Å². The second kappa shape index (κ2) is 2.77. The molecule has 4 nitrogen and oxygen atoms in total. The van der Waals surface area contributed by atoms with Gasteiger partial charge in [-0.15, -0.1) is 5.10 Å². The van der Waals surface area contributed by atoms with Crippen LogP contribution in [0.1, 0.15) is 37.9 Å². The summed E-state index contributed by atoms with van der Waals surface area (Å²) in [7, 11) is 0. The second-order valence-electron chi connectivity index (χ2n) is 3.59. The Bertz CT molecular complexity index is 268. The highest BCUT2D eigenvalue weighted by Gasteiger charge is 2.27. The quantitative estimate of drug-likeness (QED) is 0.660. The van der Waals surface area contributed by atoms with Gasteiger partial charge in [0.05, 0.1) is 0 Å². The van der Waals surface area contributed by atoms with Crippen LogP contribution in [0.2, 0.25) is 0 Å². The molecular weight excluding hydrogens is 152 g/mol. The van der Waals surface area contributed by atoms with Crippen LogP contribution in [0.3, 0.4) is 0 Å². The van der Waals surface area contributed by atoms with E-state index in [-0.39, 0.29) is 0 Å². The molecule has 0 spiro atoms. The van der Waals surface area contributed by atoms with Crippen molar-refractivity contribution in [3.05, 3.63) is 5.82 Å². The van der Waals surface area contributed by atoms with E-state index in [9.17, 15) is 0 Å². The van der Waals surface area contributed by atoms with Gasteiger partial charge in [0.2, 0.25) is 5.95 Å². The van der Waals surface area contributed by atoms with E-state index in [0.717, 1.165) is 11.7 Å². The third kappa shape index (κ3) is 1.17. The lowest BCUT2D eigenvalue weighted by Crippen LogP contribution is -2.04. The van der Waals surface area contributed by atoms with Gasteiger partial charge in [-0.2, -0.15) is 4.98 Å². The normalized spacial score (nSPS) is 29.4. The van der Waals surface area contributed by atoms with Crippen molar-refractivity contribution >= 4 is 5.95 Å². The number of nitrogens with two attached hydrogens (primary N) is 1. The molecule has 1 saturated carbocycles. The molecule has 1 fully saturated rings. The van der Waals surface area contributed by atoms with Crippen LogP contribution in [-0.2, 0) is 0 Å². The van der Waals surface area contributed by atoms with Gasteiger partial charge in [0.25, 0.3) is 0 Å². The van der Waals surface area contributed by atoms with E-state index in [1.165, 1.54) is 19.3 Å². The number of nitrogens with zero attached hydrogens (tertiary/aromatic N) is 2. The molecule has 2 rings (SSSR count). The van der Waals surface area contributed by atoms with Gasteiger partial charge in [-0.05, 0) is 18.8 Å². The van der Waals surface area contributed by atoms with Gasteiger partial charge in [0, 0.05) is 5.92 Å². The summed E-state index contributed by atoms with van der Waals surface area (Å²) in [5.41, 5.74) is 5.44. The van der Waals surface area contributed by atoms with Gasteiger partial charge >= 0.3 is 0 Å².